The summed E-state index contributed by atoms with van der Waals surface area (Å²) in [5.74, 6) is 1.28. The molecule has 0 aliphatic rings. The lowest BCUT2D eigenvalue weighted by Gasteiger charge is -2.23. The van der Waals surface area contributed by atoms with Crippen molar-refractivity contribution >= 4 is 56.5 Å². The number of halogens is 1. The average Bonchev–Trinajstić information content (AvgIpc) is 3.53. The van der Waals surface area contributed by atoms with E-state index in [1.165, 1.54) is 0 Å². The van der Waals surface area contributed by atoms with Gasteiger partial charge in [-0.25, -0.2) is 9.67 Å². The molecule has 182 valence electrons. The topological polar surface area (TPSA) is 73.1 Å². The lowest BCUT2D eigenvalue weighted by molar-refractivity contribution is -0.119. The van der Waals surface area contributed by atoms with Crippen LogP contribution in [0.2, 0.25) is 5.02 Å². The van der Waals surface area contributed by atoms with Crippen LogP contribution in [-0.4, -0.2) is 33.0 Å². The molecule has 7 nitrogen and oxygen atoms in total. The summed E-state index contributed by atoms with van der Waals surface area (Å²) in [4.78, 5) is 19.7. The number of amides is 1. The molecule has 0 radical (unpaired) electrons. The second-order valence-corrected chi connectivity index (χ2v) is 10.6. The van der Waals surface area contributed by atoms with Gasteiger partial charge in [0.25, 0.3) is 0 Å². The van der Waals surface area contributed by atoms with Crippen molar-refractivity contribution in [2.75, 3.05) is 12.0 Å². The van der Waals surface area contributed by atoms with Gasteiger partial charge >= 0.3 is 0 Å². The number of aromatic nitrogens is 4. The van der Waals surface area contributed by atoms with Crippen molar-refractivity contribution in [1.29, 1.82) is 0 Å². The van der Waals surface area contributed by atoms with Crippen molar-refractivity contribution in [3.8, 4) is 5.75 Å². The van der Waals surface area contributed by atoms with Gasteiger partial charge in [-0.1, -0.05) is 52.8 Å². The summed E-state index contributed by atoms with van der Waals surface area (Å²) in [5.41, 5.74) is 3.52. The van der Waals surface area contributed by atoms with Crippen LogP contribution in [0.4, 0.5) is 5.69 Å². The SMILES string of the molecule is COc1ccc(CN(C(=O)Cn2cc(CSc3nc4ccccc4s3)nn2)c2ccc(Cl)cc2)cc1. The molecular weight excluding hydrogens is 514 g/mol. The molecule has 0 aliphatic carbocycles. The van der Waals surface area contributed by atoms with Gasteiger partial charge in [-0.3, -0.25) is 4.79 Å². The highest BCUT2D eigenvalue weighted by Crippen LogP contribution is 2.31. The van der Waals surface area contributed by atoms with E-state index in [1.807, 2.05) is 60.8 Å². The minimum Gasteiger partial charge on any atom is -0.497 e. The van der Waals surface area contributed by atoms with Gasteiger partial charge in [-0.2, -0.15) is 0 Å². The number of fused-ring (bicyclic) bond motifs is 1. The second kappa shape index (κ2) is 11.1. The number of hydrogen-bond donors (Lipinski definition) is 0. The maximum atomic E-state index is 13.4. The van der Waals surface area contributed by atoms with E-state index in [9.17, 15) is 4.79 Å². The summed E-state index contributed by atoms with van der Waals surface area (Å²) in [6, 6.07) is 23.0. The fourth-order valence-electron chi connectivity index (χ4n) is 3.61. The first kappa shape index (κ1) is 24.3. The van der Waals surface area contributed by atoms with E-state index in [2.05, 4.69) is 21.4 Å². The molecule has 0 unspecified atom stereocenters. The molecule has 0 N–H and O–H groups in total. The number of methoxy groups -OCH3 is 1. The summed E-state index contributed by atoms with van der Waals surface area (Å²) in [5, 5.41) is 9.05. The van der Waals surface area contributed by atoms with Crippen molar-refractivity contribution in [1.82, 2.24) is 20.0 Å². The molecule has 0 saturated carbocycles. The molecule has 10 heteroatoms. The maximum absolute atomic E-state index is 13.4. The smallest absolute Gasteiger partial charge is 0.249 e. The normalized spacial score (nSPS) is 11.1. The number of thiazole rings is 1. The van der Waals surface area contributed by atoms with Crippen LogP contribution >= 0.6 is 34.7 Å². The molecule has 2 aromatic heterocycles. The van der Waals surface area contributed by atoms with Gasteiger partial charge in [-0.05, 0) is 54.1 Å². The predicted molar refractivity (Wildman–Crippen MR) is 145 cm³/mol. The Labute approximate surface area is 221 Å². The third-order valence-corrected chi connectivity index (χ3v) is 7.91. The van der Waals surface area contributed by atoms with Gasteiger partial charge in [0, 0.05) is 22.7 Å². The Morgan fingerprint density at radius 2 is 1.86 bits per heavy atom. The fraction of sp³-hybridized carbons (Fsp3) is 0.154. The average molecular weight is 536 g/mol. The molecule has 36 heavy (non-hydrogen) atoms. The highest BCUT2D eigenvalue weighted by molar-refractivity contribution is 8.00. The molecule has 5 aromatic rings. The van der Waals surface area contributed by atoms with E-state index >= 15 is 0 Å². The number of rotatable bonds is 9. The Hall–Kier alpha value is -3.40. The Morgan fingerprint density at radius 3 is 2.61 bits per heavy atom. The first-order valence-electron chi connectivity index (χ1n) is 11.1. The van der Waals surface area contributed by atoms with Crippen molar-refractivity contribution in [2.24, 2.45) is 0 Å². The highest BCUT2D eigenvalue weighted by atomic mass is 35.5. The highest BCUT2D eigenvalue weighted by Gasteiger charge is 2.18. The van der Waals surface area contributed by atoms with Crippen LogP contribution in [0.25, 0.3) is 10.2 Å². The first-order chi connectivity index (χ1) is 17.6. The van der Waals surface area contributed by atoms with Crippen LogP contribution in [0.15, 0.2) is 83.3 Å². The van der Waals surface area contributed by atoms with Gasteiger partial charge in [0.15, 0.2) is 4.34 Å². The van der Waals surface area contributed by atoms with Crippen LogP contribution in [0, 0.1) is 0 Å². The van der Waals surface area contributed by atoms with Crippen molar-refractivity contribution < 1.29 is 9.53 Å². The Morgan fingerprint density at radius 1 is 1.08 bits per heavy atom. The molecule has 0 saturated heterocycles. The maximum Gasteiger partial charge on any atom is 0.249 e. The molecule has 1 amide bonds. The number of hydrogen-bond acceptors (Lipinski definition) is 7. The van der Waals surface area contributed by atoms with Crippen LogP contribution < -0.4 is 9.64 Å². The molecular formula is C26H22ClN5O2S2. The standard InChI is InChI=1S/C26H22ClN5O2S2/c1-34-22-12-6-18(7-13-22)14-32(21-10-8-19(27)9-11-21)25(33)16-31-15-20(29-30-31)17-35-26-28-23-4-2-3-5-24(23)36-26/h2-13,15H,14,16-17H2,1H3. The zero-order valence-electron chi connectivity index (χ0n) is 19.4. The predicted octanol–water partition coefficient (Wildman–Crippen LogP) is 6.08. The number of ether oxygens (including phenoxy) is 1. The molecule has 0 fully saturated rings. The molecule has 0 atom stereocenters. The third kappa shape index (κ3) is 5.87. The van der Waals surface area contributed by atoms with E-state index in [0.717, 1.165) is 37.3 Å². The number of carbonyl (C=O) groups is 1. The zero-order valence-corrected chi connectivity index (χ0v) is 21.8. The van der Waals surface area contributed by atoms with Crippen LogP contribution in [0.3, 0.4) is 0 Å². The van der Waals surface area contributed by atoms with Gasteiger partial charge in [0.05, 0.1) is 29.6 Å². The largest absolute Gasteiger partial charge is 0.497 e. The van der Waals surface area contributed by atoms with Crippen molar-refractivity contribution in [3.63, 3.8) is 0 Å². The number of thioether (sulfide) groups is 1. The molecule has 3 aromatic carbocycles. The summed E-state index contributed by atoms with van der Waals surface area (Å²) >= 11 is 9.35. The summed E-state index contributed by atoms with van der Waals surface area (Å²) < 4.78 is 8.96. The zero-order chi connectivity index (χ0) is 24.9. The molecule has 0 spiro atoms. The number of carbonyl (C=O) groups excluding carboxylic acids is 1. The van der Waals surface area contributed by atoms with Crippen LogP contribution in [-0.2, 0) is 23.6 Å². The van der Waals surface area contributed by atoms with E-state index in [4.69, 9.17) is 16.3 Å². The molecule has 0 bridgehead atoms. The monoisotopic (exact) mass is 535 g/mol. The second-order valence-electron chi connectivity index (χ2n) is 7.95. The summed E-state index contributed by atoms with van der Waals surface area (Å²) in [7, 11) is 1.63. The number of anilines is 1. The first-order valence-corrected chi connectivity index (χ1v) is 13.3. The van der Waals surface area contributed by atoms with Gasteiger partial charge in [-0.15, -0.1) is 16.4 Å². The minimum absolute atomic E-state index is 0.0670. The number of benzene rings is 3. The third-order valence-electron chi connectivity index (χ3n) is 5.44. The van der Waals surface area contributed by atoms with Gasteiger partial charge in [0.2, 0.25) is 5.91 Å². The lowest BCUT2D eigenvalue weighted by Crippen LogP contribution is -2.33. The molecule has 2 heterocycles. The van der Waals surface area contributed by atoms with E-state index < -0.39 is 0 Å². The van der Waals surface area contributed by atoms with Gasteiger partial charge in [0.1, 0.15) is 12.3 Å². The number of para-hydroxylation sites is 1. The molecule has 5 rings (SSSR count). The van der Waals surface area contributed by atoms with Crippen molar-refractivity contribution in [2.45, 2.75) is 23.2 Å². The van der Waals surface area contributed by atoms with E-state index in [0.29, 0.717) is 17.3 Å². The van der Waals surface area contributed by atoms with Crippen LogP contribution in [0.5, 0.6) is 5.75 Å². The quantitative estimate of drug-likeness (QED) is 0.213. The Balaban J connectivity index is 1.27. The van der Waals surface area contributed by atoms with Gasteiger partial charge < -0.3 is 9.64 Å². The Kier molecular flexibility index (Phi) is 7.50. The molecule has 0 aliphatic heterocycles. The van der Waals surface area contributed by atoms with Crippen LogP contribution in [0.1, 0.15) is 11.3 Å². The summed E-state index contributed by atoms with van der Waals surface area (Å²) in [6.45, 7) is 0.469. The summed E-state index contributed by atoms with van der Waals surface area (Å²) in [6.07, 6.45) is 1.81. The number of nitrogens with zero attached hydrogens (tertiary/aromatic N) is 5. The minimum atomic E-state index is -0.108. The lowest BCUT2D eigenvalue weighted by atomic mass is 10.2. The fourth-order valence-corrected chi connectivity index (χ4v) is 5.68. The van der Waals surface area contributed by atoms with E-state index in [1.54, 1.807) is 51.9 Å². The Bertz CT molecular complexity index is 1440. The van der Waals surface area contributed by atoms with Crippen molar-refractivity contribution in [3.05, 3.63) is 95.3 Å². The van der Waals surface area contributed by atoms with E-state index in [-0.39, 0.29) is 12.5 Å².